The number of aromatic nitrogens is 1. The summed E-state index contributed by atoms with van der Waals surface area (Å²) in [7, 11) is 0. The van der Waals surface area contributed by atoms with Crippen molar-refractivity contribution >= 4 is 11.6 Å². The number of carbonyl (C=O) groups is 1. The molecular formula is C24H27N3O5. The molecule has 0 aliphatic carbocycles. The summed E-state index contributed by atoms with van der Waals surface area (Å²) in [4.78, 5) is 21.3. The minimum atomic E-state index is -0.152. The summed E-state index contributed by atoms with van der Waals surface area (Å²) in [6.07, 6.45) is 1.40. The zero-order valence-corrected chi connectivity index (χ0v) is 18.3. The Morgan fingerprint density at radius 2 is 1.69 bits per heavy atom. The van der Waals surface area contributed by atoms with Gasteiger partial charge in [-0.15, -0.1) is 0 Å². The van der Waals surface area contributed by atoms with Crippen molar-refractivity contribution in [3.05, 3.63) is 54.4 Å². The predicted molar refractivity (Wildman–Crippen MR) is 121 cm³/mol. The molecule has 2 aromatic carbocycles. The topological polar surface area (TPSA) is 88.3 Å². The lowest BCUT2D eigenvalue weighted by atomic mass is 10.2. The van der Waals surface area contributed by atoms with Crippen LogP contribution >= 0.6 is 0 Å². The zero-order valence-electron chi connectivity index (χ0n) is 18.3. The van der Waals surface area contributed by atoms with Crippen LogP contribution in [-0.2, 0) is 0 Å². The van der Waals surface area contributed by atoms with Crippen LogP contribution < -0.4 is 14.4 Å². The summed E-state index contributed by atoms with van der Waals surface area (Å²) in [6.45, 7) is 7.45. The Hall–Kier alpha value is -3.68. The number of phenols is 1. The monoisotopic (exact) mass is 437 g/mol. The summed E-state index contributed by atoms with van der Waals surface area (Å²) < 4.78 is 16.9. The van der Waals surface area contributed by atoms with Crippen LogP contribution in [0.5, 0.6) is 17.2 Å². The van der Waals surface area contributed by atoms with Crippen LogP contribution in [0.25, 0.3) is 11.5 Å². The fraction of sp³-hybridized carbons (Fsp3) is 0.333. The van der Waals surface area contributed by atoms with Crippen LogP contribution in [-0.4, -0.2) is 60.3 Å². The molecule has 3 aromatic rings. The number of nitrogens with zero attached hydrogens (tertiary/aromatic N) is 3. The average Bonchev–Trinajstić information content (AvgIpc) is 3.31. The highest BCUT2D eigenvalue weighted by Crippen LogP contribution is 2.32. The maximum atomic E-state index is 12.9. The van der Waals surface area contributed by atoms with Gasteiger partial charge in [0.05, 0.1) is 13.2 Å². The molecule has 1 aliphatic heterocycles. The molecule has 8 heteroatoms. The quantitative estimate of drug-likeness (QED) is 0.601. The summed E-state index contributed by atoms with van der Waals surface area (Å²) in [5.41, 5.74) is 2.03. The number of rotatable bonds is 7. The van der Waals surface area contributed by atoms with Crippen LogP contribution in [0.1, 0.15) is 24.3 Å². The molecule has 0 spiro atoms. The first-order chi connectivity index (χ1) is 15.6. The van der Waals surface area contributed by atoms with Crippen LogP contribution in [0, 0.1) is 0 Å². The van der Waals surface area contributed by atoms with Gasteiger partial charge in [0, 0.05) is 37.4 Å². The largest absolute Gasteiger partial charge is 0.508 e. The Morgan fingerprint density at radius 3 is 2.38 bits per heavy atom. The van der Waals surface area contributed by atoms with E-state index in [2.05, 4.69) is 9.88 Å². The fourth-order valence-electron chi connectivity index (χ4n) is 3.68. The highest BCUT2D eigenvalue weighted by molar-refractivity contribution is 5.92. The number of carbonyl (C=O) groups excluding carboxylic acids is 1. The molecule has 0 atom stereocenters. The molecule has 4 rings (SSSR count). The number of aromatic hydroxyl groups is 1. The van der Waals surface area contributed by atoms with E-state index in [1.165, 1.54) is 6.26 Å². The predicted octanol–water partition coefficient (Wildman–Crippen LogP) is 3.81. The summed E-state index contributed by atoms with van der Waals surface area (Å²) in [5, 5.41) is 9.46. The van der Waals surface area contributed by atoms with Crippen LogP contribution in [0.15, 0.2) is 53.1 Å². The molecule has 0 unspecified atom stereocenters. The van der Waals surface area contributed by atoms with Gasteiger partial charge in [0.2, 0.25) is 5.89 Å². The number of anilines is 1. The number of amides is 1. The SMILES string of the molecule is CCOc1ccc(-c2nc(C(=O)N3CCN(c4ccc(O)cc4)CC3)co2)cc1OCC. The van der Waals surface area contributed by atoms with Gasteiger partial charge < -0.3 is 28.8 Å². The Kier molecular flexibility index (Phi) is 6.49. The van der Waals surface area contributed by atoms with E-state index in [1.807, 2.05) is 44.2 Å². The molecule has 0 bridgehead atoms. The molecule has 1 aromatic heterocycles. The lowest BCUT2D eigenvalue weighted by Crippen LogP contribution is -2.48. The Bertz CT molecular complexity index is 1060. The third-order valence-electron chi connectivity index (χ3n) is 5.30. The van der Waals surface area contributed by atoms with Gasteiger partial charge in [0.15, 0.2) is 17.2 Å². The average molecular weight is 437 g/mol. The molecular weight excluding hydrogens is 410 g/mol. The number of phenolic OH excluding ortho intramolecular Hbond substituents is 1. The first-order valence-electron chi connectivity index (χ1n) is 10.8. The molecule has 1 N–H and O–H groups in total. The number of piperazine rings is 1. The molecule has 168 valence electrons. The van der Waals surface area contributed by atoms with Crippen molar-refractivity contribution in [2.45, 2.75) is 13.8 Å². The second-order valence-corrected chi connectivity index (χ2v) is 7.36. The maximum Gasteiger partial charge on any atom is 0.275 e. The van der Waals surface area contributed by atoms with Crippen molar-refractivity contribution in [3.8, 4) is 28.7 Å². The van der Waals surface area contributed by atoms with E-state index < -0.39 is 0 Å². The Labute approximate surface area is 187 Å². The van der Waals surface area contributed by atoms with Gasteiger partial charge in [0.25, 0.3) is 5.91 Å². The maximum absolute atomic E-state index is 12.9. The summed E-state index contributed by atoms with van der Waals surface area (Å²) in [5.74, 6) is 1.72. The lowest BCUT2D eigenvalue weighted by molar-refractivity contribution is 0.0741. The Morgan fingerprint density at radius 1 is 1.00 bits per heavy atom. The number of ether oxygens (including phenoxy) is 2. The number of hydrogen-bond donors (Lipinski definition) is 1. The van der Waals surface area contributed by atoms with Crippen LogP contribution in [0.2, 0.25) is 0 Å². The summed E-state index contributed by atoms with van der Waals surface area (Å²) >= 11 is 0. The van der Waals surface area contributed by atoms with Crippen molar-refractivity contribution in [1.29, 1.82) is 0 Å². The van der Waals surface area contributed by atoms with Crippen molar-refractivity contribution in [2.75, 3.05) is 44.3 Å². The molecule has 2 heterocycles. The highest BCUT2D eigenvalue weighted by Gasteiger charge is 2.25. The molecule has 1 aliphatic rings. The second kappa shape index (κ2) is 9.64. The smallest absolute Gasteiger partial charge is 0.275 e. The third kappa shape index (κ3) is 4.64. The number of benzene rings is 2. The molecule has 1 amide bonds. The molecule has 1 saturated heterocycles. The normalized spacial score (nSPS) is 13.8. The zero-order chi connectivity index (χ0) is 22.5. The van der Waals surface area contributed by atoms with E-state index in [9.17, 15) is 9.90 Å². The molecule has 0 saturated carbocycles. The van der Waals surface area contributed by atoms with Gasteiger partial charge in [-0.3, -0.25) is 4.79 Å². The van der Waals surface area contributed by atoms with Gasteiger partial charge in [-0.2, -0.15) is 0 Å². The van der Waals surface area contributed by atoms with Crippen molar-refractivity contribution in [3.63, 3.8) is 0 Å². The van der Waals surface area contributed by atoms with Gasteiger partial charge in [0.1, 0.15) is 12.0 Å². The van der Waals surface area contributed by atoms with Crippen LogP contribution in [0.4, 0.5) is 5.69 Å². The van der Waals surface area contributed by atoms with E-state index >= 15 is 0 Å². The summed E-state index contributed by atoms with van der Waals surface area (Å²) in [6, 6.07) is 12.6. The minimum absolute atomic E-state index is 0.152. The minimum Gasteiger partial charge on any atom is -0.508 e. The number of hydrogen-bond acceptors (Lipinski definition) is 7. The van der Waals surface area contributed by atoms with E-state index in [0.717, 1.165) is 5.69 Å². The van der Waals surface area contributed by atoms with E-state index in [4.69, 9.17) is 13.9 Å². The van der Waals surface area contributed by atoms with E-state index in [0.29, 0.717) is 62.3 Å². The van der Waals surface area contributed by atoms with Gasteiger partial charge in [-0.1, -0.05) is 0 Å². The Balaban J connectivity index is 1.43. The third-order valence-corrected chi connectivity index (χ3v) is 5.30. The molecule has 32 heavy (non-hydrogen) atoms. The molecule has 0 radical (unpaired) electrons. The highest BCUT2D eigenvalue weighted by atomic mass is 16.5. The van der Waals surface area contributed by atoms with Crippen molar-refractivity contribution in [1.82, 2.24) is 9.88 Å². The van der Waals surface area contributed by atoms with Crippen molar-refractivity contribution in [2.24, 2.45) is 0 Å². The van der Waals surface area contributed by atoms with Gasteiger partial charge in [-0.25, -0.2) is 4.98 Å². The van der Waals surface area contributed by atoms with Gasteiger partial charge >= 0.3 is 0 Å². The molecule has 1 fully saturated rings. The van der Waals surface area contributed by atoms with E-state index in [-0.39, 0.29) is 17.4 Å². The van der Waals surface area contributed by atoms with Crippen LogP contribution in [0.3, 0.4) is 0 Å². The van der Waals surface area contributed by atoms with Gasteiger partial charge in [-0.05, 0) is 56.3 Å². The standard InChI is InChI=1S/C24H27N3O5/c1-3-30-21-10-5-17(15-22(21)31-4-2)23-25-20(16-32-23)24(29)27-13-11-26(12-14-27)18-6-8-19(28)9-7-18/h5-10,15-16,28H,3-4,11-14H2,1-2H3. The fourth-order valence-corrected chi connectivity index (χ4v) is 3.68. The lowest BCUT2D eigenvalue weighted by Gasteiger charge is -2.35. The first-order valence-corrected chi connectivity index (χ1v) is 10.8. The second-order valence-electron chi connectivity index (χ2n) is 7.36. The number of oxazole rings is 1. The molecule has 8 nitrogen and oxygen atoms in total. The van der Waals surface area contributed by atoms with E-state index in [1.54, 1.807) is 17.0 Å². The first kappa shape index (κ1) is 21.5. The van der Waals surface area contributed by atoms with Crippen molar-refractivity contribution < 1.29 is 23.8 Å².